The minimum Gasteiger partial charge on any atom is -0.350 e. The minimum atomic E-state index is -0.884. The van der Waals surface area contributed by atoms with Gasteiger partial charge < -0.3 is 24.9 Å². The Morgan fingerprint density at radius 1 is 1.12 bits per heavy atom. The average Bonchev–Trinajstić information content (AvgIpc) is 3.47. The first kappa shape index (κ1) is 28.8. The van der Waals surface area contributed by atoms with Gasteiger partial charge in [0.15, 0.2) is 5.82 Å². The Kier molecular flexibility index (Phi) is 8.04. The number of halogens is 2. The summed E-state index contributed by atoms with van der Waals surface area (Å²) < 4.78 is 28.8. The third-order valence-electron chi connectivity index (χ3n) is 9.60. The standard InChI is InChI=1S/C31H41F2N7O2/c1-4-38(19(2)3)30(41)24-14-20(32)7-8-26(24)40-13-12-39(29-27(40)17-34-18-35-29)22-6-5-10-37(11-9-22)31(42)28-23-15-21(36-28)16-25(23)33/h7-8,14,17-19,21-23,25,28,36H,4-6,9-13,15-16H2,1-3H3/t21-,22?,23?,25-,28+/m1/s1. The van der Waals surface area contributed by atoms with E-state index < -0.39 is 18.0 Å². The van der Waals surface area contributed by atoms with Gasteiger partial charge in [-0.05, 0) is 71.1 Å². The van der Waals surface area contributed by atoms with Crippen LogP contribution in [0, 0.1) is 11.7 Å². The maximum absolute atomic E-state index is 14.5. The van der Waals surface area contributed by atoms with Crippen LogP contribution in [0.2, 0.25) is 0 Å². The highest BCUT2D eigenvalue weighted by Gasteiger charge is 2.50. The fraction of sp³-hybridized carbons (Fsp3) is 0.613. The average molecular weight is 582 g/mol. The first-order valence-electron chi connectivity index (χ1n) is 15.4. The van der Waals surface area contributed by atoms with Crippen LogP contribution < -0.4 is 15.1 Å². The maximum Gasteiger partial charge on any atom is 0.256 e. The molecule has 2 unspecified atom stereocenters. The van der Waals surface area contributed by atoms with Crippen molar-refractivity contribution in [2.24, 2.45) is 5.92 Å². The molecule has 2 aromatic rings. The van der Waals surface area contributed by atoms with Crippen LogP contribution in [0.3, 0.4) is 0 Å². The highest BCUT2D eigenvalue weighted by molar-refractivity contribution is 6.01. The number of benzene rings is 1. The first-order chi connectivity index (χ1) is 20.3. The van der Waals surface area contributed by atoms with Gasteiger partial charge in [0, 0.05) is 56.8 Å². The molecule has 4 aliphatic rings. The summed E-state index contributed by atoms with van der Waals surface area (Å²) >= 11 is 0. The third kappa shape index (κ3) is 5.20. The van der Waals surface area contributed by atoms with Gasteiger partial charge in [-0.25, -0.2) is 18.7 Å². The molecule has 2 amide bonds. The molecule has 226 valence electrons. The van der Waals surface area contributed by atoms with Gasteiger partial charge in [-0.3, -0.25) is 9.59 Å². The van der Waals surface area contributed by atoms with Crippen LogP contribution >= 0.6 is 0 Å². The summed E-state index contributed by atoms with van der Waals surface area (Å²) in [7, 11) is 0. The number of carbonyl (C=O) groups excluding carboxylic acids is 2. The summed E-state index contributed by atoms with van der Waals surface area (Å²) in [5, 5.41) is 3.36. The molecular weight excluding hydrogens is 540 g/mol. The lowest BCUT2D eigenvalue weighted by Crippen LogP contribution is -2.52. The highest BCUT2D eigenvalue weighted by atomic mass is 19.1. The normalized spacial score (nSPS) is 27.3. The summed E-state index contributed by atoms with van der Waals surface area (Å²) in [6.07, 6.45) is 6.23. The number of likely N-dealkylation sites (tertiary alicyclic amines) is 1. The van der Waals surface area contributed by atoms with Crippen LogP contribution in [0.4, 0.5) is 26.0 Å². The molecule has 5 atom stereocenters. The molecule has 0 spiro atoms. The molecule has 1 saturated carbocycles. The predicted molar refractivity (Wildman–Crippen MR) is 157 cm³/mol. The topological polar surface area (TPSA) is 84.9 Å². The number of hydrogen-bond acceptors (Lipinski definition) is 7. The van der Waals surface area contributed by atoms with E-state index in [0.29, 0.717) is 50.4 Å². The lowest BCUT2D eigenvalue weighted by molar-refractivity contribution is -0.135. The number of aromatic nitrogens is 2. The van der Waals surface area contributed by atoms with Crippen LogP contribution in [0.15, 0.2) is 30.7 Å². The van der Waals surface area contributed by atoms with E-state index >= 15 is 0 Å². The molecule has 1 N–H and O–H groups in total. The van der Waals surface area contributed by atoms with E-state index in [2.05, 4.69) is 20.2 Å². The lowest BCUT2D eigenvalue weighted by atomic mass is 9.97. The highest BCUT2D eigenvalue weighted by Crippen LogP contribution is 2.41. The van der Waals surface area contributed by atoms with Crippen LogP contribution in [0.5, 0.6) is 0 Å². The van der Waals surface area contributed by atoms with E-state index in [4.69, 9.17) is 0 Å². The van der Waals surface area contributed by atoms with Crippen LogP contribution in [0.25, 0.3) is 0 Å². The number of fused-ring (bicyclic) bond motifs is 3. The largest absolute Gasteiger partial charge is 0.350 e. The van der Waals surface area contributed by atoms with Gasteiger partial charge >= 0.3 is 0 Å². The number of amides is 2. The molecule has 11 heteroatoms. The minimum absolute atomic E-state index is 0.0224. The number of nitrogens with zero attached hydrogens (tertiary/aromatic N) is 6. The van der Waals surface area contributed by atoms with Crippen LogP contribution in [-0.4, -0.2) is 94.6 Å². The second-order valence-electron chi connectivity index (χ2n) is 12.3. The lowest BCUT2D eigenvalue weighted by Gasteiger charge is -2.42. The van der Waals surface area contributed by atoms with Crippen LogP contribution in [0.1, 0.15) is 63.2 Å². The third-order valence-corrected chi connectivity index (χ3v) is 9.60. The van der Waals surface area contributed by atoms with Gasteiger partial charge in [0.25, 0.3) is 5.91 Å². The van der Waals surface area contributed by atoms with Gasteiger partial charge in [-0.15, -0.1) is 0 Å². The van der Waals surface area contributed by atoms with E-state index in [1.54, 1.807) is 17.2 Å². The molecule has 9 nitrogen and oxygen atoms in total. The summed E-state index contributed by atoms with van der Waals surface area (Å²) in [6.45, 7) is 8.88. The molecule has 3 fully saturated rings. The van der Waals surface area contributed by atoms with Crippen molar-refractivity contribution in [2.75, 3.05) is 42.5 Å². The fourth-order valence-electron chi connectivity index (χ4n) is 7.52. The number of anilines is 3. The number of piperidine rings is 1. The van der Waals surface area contributed by atoms with E-state index in [1.807, 2.05) is 30.6 Å². The molecule has 4 heterocycles. The Labute approximate surface area is 246 Å². The van der Waals surface area contributed by atoms with Crippen molar-refractivity contribution in [2.45, 2.75) is 83.2 Å². The number of carbonyl (C=O) groups is 2. The van der Waals surface area contributed by atoms with Gasteiger partial charge in [0.1, 0.15) is 24.0 Å². The van der Waals surface area contributed by atoms with E-state index in [1.165, 1.54) is 18.5 Å². The Balaban J connectivity index is 1.22. The Hall–Kier alpha value is -3.34. The maximum atomic E-state index is 14.5. The first-order valence-corrected chi connectivity index (χ1v) is 15.4. The molecule has 6 rings (SSSR count). The second kappa shape index (κ2) is 11.7. The zero-order chi connectivity index (χ0) is 29.5. The van der Waals surface area contributed by atoms with Crippen molar-refractivity contribution in [3.8, 4) is 0 Å². The Morgan fingerprint density at radius 3 is 2.69 bits per heavy atom. The summed E-state index contributed by atoms with van der Waals surface area (Å²) in [4.78, 5) is 43.9. The van der Waals surface area contributed by atoms with Gasteiger partial charge in [-0.1, -0.05) is 0 Å². The monoisotopic (exact) mass is 581 g/mol. The van der Waals surface area contributed by atoms with Crippen molar-refractivity contribution in [1.82, 2.24) is 25.1 Å². The van der Waals surface area contributed by atoms with Gasteiger partial charge in [0.05, 0.1) is 23.5 Å². The smallest absolute Gasteiger partial charge is 0.256 e. The molecule has 2 saturated heterocycles. The molecule has 42 heavy (non-hydrogen) atoms. The van der Waals surface area contributed by atoms with Gasteiger partial charge in [0.2, 0.25) is 5.91 Å². The van der Waals surface area contributed by atoms with Crippen molar-refractivity contribution < 1.29 is 18.4 Å². The molecule has 3 aliphatic heterocycles. The van der Waals surface area contributed by atoms with Gasteiger partial charge in [-0.2, -0.15) is 0 Å². The van der Waals surface area contributed by atoms with Crippen molar-refractivity contribution in [1.29, 1.82) is 0 Å². The van der Waals surface area contributed by atoms with E-state index in [-0.39, 0.29) is 35.9 Å². The summed E-state index contributed by atoms with van der Waals surface area (Å²) in [5.74, 6) is -0.0545. The van der Waals surface area contributed by atoms with Crippen molar-refractivity contribution in [3.05, 3.63) is 42.1 Å². The van der Waals surface area contributed by atoms with Crippen molar-refractivity contribution in [3.63, 3.8) is 0 Å². The van der Waals surface area contributed by atoms with Crippen molar-refractivity contribution >= 4 is 29.0 Å². The quantitative estimate of drug-likeness (QED) is 0.554. The number of alkyl halides is 1. The molecule has 1 aromatic heterocycles. The zero-order valence-corrected chi connectivity index (χ0v) is 24.7. The molecule has 2 bridgehead atoms. The SMILES string of the molecule is CCN(C(=O)c1cc(F)ccc1N1CCN(C2CCCN(C(=O)[C@H]3N[C@@H]4CC3[C@H](F)C4)CC2)c2ncncc21)C(C)C. The molecule has 1 aromatic carbocycles. The number of hydrogen-bond donors (Lipinski definition) is 1. The van der Waals surface area contributed by atoms with E-state index in [0.717, 1.165) is 37.2 Å². The summed E-state index contributed by atoms with van der Waals surface area (Å²) in [5.41, 5.74) is 1.73. The second-order valence-corrected chi connectivity index (χ2v) is 12.3. The van der Waals surface area contributed by atoms with Crippen LogP contribution in [-0.2, 0) is 4.79 Å². The number of rotatable bonds is 6. The zero-order valence-electron chi connectivity index (χ0n) is 24.7. The Morgan fingerprint density at radius 2 is 1.95 bits per heavy atom. The molecular formula is C31H41F2N7O2. The molecule has 0 radical (unpaired) electrons. The Bertz CT molecular complexity index is 1330. The molecule has 1 aliphatic carbocycles. The predicted octanol–water partition coefficient (Wildman–Crippen LogP) is 3.91. The fourth-order valence-corrected chi connectivity index (χ4v) is 7.52. The number of nitrogens with one attached hydrogen (secondary N) is 1. The van der Waals surface area contributed by atoms with E-state index in [9.17, 15) is 18.4 Å². The summed E-state index contributed by atoms with van der Waals surface area (Å²) in [6, 6.07) is 4.26.